The third-order valence-electron chi connectivity index (χ3n) is 3.49. The molecule has 0 aliphatic carbocycles. The topological polar surface area (TPSA) is 35.2 Å². The van der Waals surface area contributed by atoms with E-state index >= 15 is 0 Å². The molecule has 2 N–H and O–H groups in total. The van der Waals surface area contributed by atoms with Crippen molar-refractivity contribution in [1.82, 2.24) is 0 Å². The molecular formula is C19H15F2NO. The van der Waals surface area contributed by atoms with Crippen molar-refractivity contribution < 1.29 is 13.5 Å². The second-order valence-electron chi connectivity index (χ2n) is 5.16. The molecule has 3 aromatic carbocycles. The molecular weight excluding hydrogens is 296 g/mol. The van der Waals surface area contributed by atoms with Crippen LogP contribution in [-0.2, 0) is 6.61 Å². The molecule has 0 bridgehead atoms. The minimum Gasteiger partial charge on any atom is -0.489 e. The minimum absolute atomic E-state index is 0.416. The van der Waals surface area contributed by atoms with Gasteiger partial charge in [0.25, 0.3) is 0 Å². The van der Waals surface area contributed by atoms with E-state index in [4.69, 9.17) is 10.5 Å². The summed E-state index contributed by atoms with van der Waals surface area (Å²) in [5, 5.41) is 0. The number of anilines is 1. The number of hydrogen-bond acceptors (Lipinski definition) is 2. The molecule has 0 saturated heterocycles. The zero-order chi connectivity index (χ0) is 16.2. The first-order valence-electron chi connectivity index (χ1n) is 7.15. The van der Waals surface area contributed by atoms with Crippen molar-refractivity contribution >= 4 is 5.69 Å². The Hall–Kier alpha value is -2.88. The zero-order valence-corrected chi connectivity index (χ0v) is 12.3. The van der Waals surface area contributed by atoms with Crippen LogP contribution < -0.4 is 10.5 Å². The van der Waals surface area contributed by atoms with Gasteiger partial charge in [0.15, 0.2) is 0 Å². The highest BCUT2D eigenvalue weighted by molar-refractivity contribution is 5.67. The van der Waals surface area contributed by atoms with Crippen LogP contribution in [0.2, 0.25) is 0 Å². The summed E-state index contributed by atoms with van der Waals surface area (Å²) in [6.45, 7) is 0.425. The maximum atomic E-state index is 13.6. The molecule has 116 valence electrons. The van der Waals surface area contributed by atoms with Crippen LogP contribution in [0, 0.1) is 11.6 Å². The summed E-state index contributed by atoms with van der Waals surface area (Å²) in [5.41, 5.74) is 6.95. The van der Waals surface area contributed by atoms with Gasteiger partial charge in [-0.2, -0.15) is 0 Å². The highest BCUT2D eigenvalue weighted by Gasteiger charge is 2.09. The summed E-state index contributed by atoms with van der Waals surface area (Å²) in [4.78, 5) is 0. The second-order valence-corrected chi connectivity index (χ2v) is 5.16. The number of nitrogens with two attached hydrogens (primary N) is 1. The zero-order valence-electron chi connectivity index (χ0n) is 12.3. The fourth-order valence-corrected chi connectivity index (χ4v) is 2.26. The molecule has 0 saturated carbocycles. The van der Waals surface area contributed by atoms with Crippen LogP contribution in [0.1, 0.15) is 5.56 Å². The predicted molar refractivity (Wildman–Crippen MR) is 87.0 cm³/mol. The van der Waals surface area contributed by atoms with Crippen LogP contribution in [0.3, 0.4) is 0 Å². The Labute approximate surface area is 133 Å². The molecule has 4 heteroatoms. The van der Waals surface area contributed by atoms with E-state index in [1.807, 2.05) is 30.3 Å². The molecule has 0 radical (unpaired) electrons. The van der Waals surface area contributed by atoms with E-state index in [1.54, 1.807) is 24.3 Å². The Balaban J connectivity index is 1.82. The number of halogens is 2. The lowest BCUT2D eigenvalue weighted by atomic mass is 10.0. The lowest BCUT2D eigenvalue weighted by Gasteiger charge is -2.09. The summed E-state index contributed by atoms with van der Waals surface area (Å²) in [6, 6.07) is 19.3. The highest BCUT2D eigenvalue weighted by atomic mass is 19.1. The van der Waals surface area contributed by atoms with Crippen molar-refractivity contribution in [3.63, 3.8) is 0 Å². The third kappa shape index (κ3) is 3.48. The van der Waals surface area contributed by atoms with Crippen molar-refractivity contribution in [2.45, 2.75) is 6.61 Å². The van der Waals surface area contributed by atoms with Crippen molar-refractivity contribution in [1.29, 1.82) is 0 Å². The molecule has 0 spiro atoms. The molecule has 0 aliphatic rings. The number of benzene rings is 3. The van der Waals surface area contributed by atoms with Gasteiger partial charge in [-0.1, -0.05) is 42.5 Å². The van der Waals surface area contributed by atoms with E-state index in [1.165, 1.54) is 12.1 Å². The average Bonchev–Trinajstić information content (AvgIpc) is 2.58. The molecule has 0 fully saturated rings. The SMILES string of the molecule is Nc1c(F)cc(-c2cccc(OCc3ccccc3)c2)cc1F. The van der Waals surface area contributed by atoms with Gasteiger partial charge in [-0.3, -0.25) is 0 Å². The van der Waals surface area contributed by atoms with Gasteiger partial charge in [-0.05, 0) is 41.0 Å². The van der Waals surface area contributed by atoms with Gasteiger partial charge in [0, 0.05) is 0 Å². The van der Waals surface area contributed by atoms with Gasteiger partial charge in [0.05, 0.1) is 0 Å². The normalized spacial score (nSPS) is 10.5. The van der Waals surface area contributed by atoms with E-state index in [9.17, 15) is 8.78 Å². The monoisotopic (exact) mass is 311 g/mol. The van der Waals surface area contributed by atoms with Gasteiger partial charge in [-0.25, -0.2) is 8.78 Å². The molecule has 3 rings (SSSR count). The molecule has 0 unspecified atom stereocenters. The van der Waals surface area contributed by atoms with Crippen LogP contribution in [0.25, 0.3) is 11.1 Å². The van der Waals surface area contributed by atoms with Crippen molar-refractivity contribution in [2.75, 3.05) is 5.73 Å². The molecule has 0 aliphatic heterocycles. The summed E-state index contributed by atoms with van der Waals surface area (Å²) in [5.74, 6) is -0.907. The van der Waals surface area contributed by atoms with E-state index in [-0.39, 0.29) is 0 Å². The van der Waals surface area contributed by atoms with Gasteiger partial charge in [0.2, 0.25) is 0 Å². The molecule has 0 aromatic heterocycles. The Morgan fingerprint density at radius 2 is 1.48 bits per heavy atom. The minimum atomic E-state index is -0.768. The van der Waals surface area contributed by atoms with Gasteiger partial charge in [-0.15, -0.1) is 0 Å². The first-order valence-corrected chi connectivity index (χ1v) is 7.15. The lowest BCUT2D eigenvalue weighted by molar-refractivity contribution is 0.306. The maximum Gasteiger partial charge on any atom is 0.149 e. The Kier molecular flexibility index (Phi) is 4.24. The maximum absolute atomic E-state index is 13.6. The number of hydrogen-bond donors (Lipinski definition) is 1. The van der Waals surface area contributed by atoms with Gasteiger partial charge < -0.3 is 10.5 Å². The van der Waals surface area contributed by atoms with Crippen LogP contribution in [0.5, 0.6) is 5.75 Å². The van der Waals surface area contributed by atoms with Crippen molar-refractivity contribution in [2.24, 2.45) is 0 Å². The van der Waals surface area contributed by atoms with Gasteiger partial charge >= 0.3 is 0 Å². The summed E-state index contributed by atoms with van der Waals surface area (Å²) in [7, 11) is 0. The first kappa shape index (κ1) is 15.0. The van der Waals surface area contributed by atoms with Crippen LogP contribution in [0.15, 0.2) is 66.7 Å². The molecule has 2 nitrogen and oxygen atoms in total. The second kappa shape index (κ2) is 6.48. The Bertz CT molecular complexity index is 796. The molecule has 23 heavy (non-hydrogen) atoms. The fraction of sp³-hybridized carbons (Fsp3) is 0.0526. The molecule has 0 atom stereocenters. The number of ether oxygens (including phenoxy) is 1. The van der Waals surface area contributed by atoms with Crippen molar-refractivity contribution in [3.8, 4) is 16.9 Å². The van der Waals surface area contributed by atoms with Crippen LogP contribution >= 0.6 is 0 Å². The van der Waals surface area contributed by atoms with Crippen molar-refractivity contribution in [3.05, 3.63) is 83.9 Å². The van der Waals surface area contributed by atoms with Crippen LogP contribution in [-0.4, -0.2) is 0 Å². The average molecular weight is 311 g/mol. The standard InChI is InChI=1S/C19H15F2NO/c20-17-10-15(11-18(21)19(17)22)14-7-4-8-16(9-14)23-12-13-5-2-1-3-6-13/h1-11H,12,22H2. The summed E-state index contributed by atoms with van der Waals surface area (Å²) in [6.07, 6.45) is 0. The fourth-order valence-electron chi connectivity index (χ4n) is 2.26. The van der Waals surface area contributed by atoms with E-state index in [2.05, 4.69) is 0 Å². The number of nitrogen functional groups attached to an aromatic ring is 1. The predicted octanol–water partition coefficient (Wildman–Crippen LogP) is 4.79. The molecule has 0 amide bonds. The summed E-state index contributed by atoms with van der Waals surface area (Å²) >= 11 is 0. The molecule has 0 heterocycles. The van der Waals surface area contributed by atoms with Gasteiger partial charge in [0.1, 0.15) is 29.7 Å². The van der Waals surface area contributed by atoms with E-state index in [0.717, 1.165) is 5.56 Å². The lowest BCUT2D eigenvalue weighted by Crippen LogP contribution is -1.97. The number of rotatable bonds is 4. The third-order valence-corrected chi connectivity index (χ3v) is 3.49. The largest absolute Gasteiger partial charge is 0.489 e. The quantitative estimate of drug-likeness (QED) is 0.703. The Morgan fingerprint density at radius 3 is 2.17 bits per heavy atom. The smallest absolute Gasteiger partial charge is 0.149 e. The van der Waals surface area contributed by atoms with Crippen LogP contribution in [0.4, 0.5) is 14.5 Å². The molecule has 3 aromatic rings. The van der Waals surface area contributed by atoms with E-state index < -0.39 is 17.3 Å². The highest BCUT2D eigenvalue weighted by Crippen LogP contribution is 2.28. The summed E-state index contributed by atoms with van der Waals surface area (Å²) < 4.78 is 32.9. The first-order chi connectivity index (χ1) is 11.1. The Morgan fingerprint density at radius 1 is 0.783 bits per heavy atom. The van der Waals surface area contributed by atoms with E-state index in [0.29, 0.717) is 23.5 Å².